The number of rotatable bonds is 24. The number of phosphoric ester groups is 1. The molecule has 30 heteroatoms. The number of amides is 1. The van der Waals surface area contributed by atoms with Crippen LogP contribution < -0.4 is 31.7 Å². The summed E-state index contributed by atoms with van der Waals surface area (Å²) in [6.45, 7) is 2.46. The molecule has 1 aromatic carbocycles. The number of hydrogen-bond acceptors (Lipinski definition) is 18. The van der Waals surface area contributed by atoms with E-state index in [9.17, 15) is 65.8 Å². The van der Waals surface area contributed by atoms with Crippen LogP contribution >= 0.6 is 23.5 Å². The Morgan fingerprint density at radius 1 is 0.985 bits per heavy atom. The van der Waals surface area contributed by atoms with E-state index in [2.05, 4.69) is 23.4 Å². The van der Waals surface area contributed by atoms with Crippen LogP contribution in [0.1, 0.15) is 50.8 Å². The number of aromatic nitrogens is 3. The first-order valence-electron chi connectivity index (χ1n) is 20.2. The quantitative estimate of drug-likeness (QED) is 0.0157. The number of ether oxygens (including phenoxy) is 1. The number of benzene rings is 1. The monoisotopic (exact) mass is 1020 g/mol. The van der Waals surface area contributed by atoms with Crippen LogP contribution in [0.5, 0.6) is 0 Å². The number of nitrogens with zero attached hydrogens (tertiary/aromatic N) is 3. The predicted octanol–water partition coefficient (Wildman–Crippen LogP) is 0.712. The molecular weight excluding hydrogens is 975 g/mol. The molecule has 1 saturated heterocycles. The van der Waals surface area contributed by atoms with Crippen molar-refractivity contribution < 1.29 is 88.1 Å². The third-order valence-corrected chi connectivity index (χ3v) is 14.5. The summed E-state index contributed by atoms with van der Waals surface area (Å²) in [5.74, 6) is -0.747. The van der Waals surface area contributed by atoms with Crippen molar-refractivity contribution in [3.63, 3.8) is 0 Å². The third-order valence-electron chi connectivity index (χ3n) is 9.95. The smallest absolute Gasteiger partial charge is 0.490 e. The van der Waals surface area contributed by atoms with Crippen molar-refractivity contribution in [2.45, 2.75) is 70.1 Å². The largest absolute Gasteiger partial charge is 0.748 e. The van der Waals surface area contributed by atoms with Gasteiger partial charge in [-0.3, -0.25) is 23.7 Å². The number of pyridine rings is 1. The number of fused-ring (bicyclic) bond motifs is 1. The summed E-state index contributed by atoms with van der Waals surface area (Å²) in [6, 6.07) is 10.7. The van der Waals surface area contributed by atoms with E-state index < -0.39 is 87.4 Å². The Hall–Kier alpha value is -4.53. The Labute approximate surface area is 380 Å². The minimum atomic E-state index is -5.84. The number of aryl methyl sites for hydroxylation is 1. The summed E-state index contributed by atoms with van der Waals surface area (Å²) >= 11 is 0. The second kappa shape index (κ2) is 22.7. The Bertz CT molecular complexity index is 2870. The van der Waals surface area contributed by atoms with Gasteiger partial charge in [0.15, 0.2) is 18.6 Å². The van der Waals surface area contributed by atoms with Gasteiger partial charge in [0.05, 0.1) is 27.9 Å². The van der Waals surface area contributed by atoms with Crippen molar-refractivity contribution in [3.8, 4) is 11.1 Å². The molecule has 2 unspecified atom stereocenters. The van der Waals surface area contributed by atoms with Gasteiger partial charge in [0, 0.05) is 79.3 Å². The fourth-order valence-electron chi connectivity index (χ4n) is 6.77. The van der Waals surface area contributed by atoms with E-state index in [1.807, 2.05) is 24.0 Å². The van der Waals surface area contributed by atoms with Crippen LogP contribution in [0.4, 0.5) is 5.69 Å². The van der Waals surface area contributed by atoms with Gasteiger partial charge in [0.1, 0.15) is 30.4 Å². The van der Waals surface area contributed by atoms with E-state index >= 15 is 0 Å². The molecule has 1 aliphatic heterocycles. The van der Waals surface area contributed by atoms with Crippen molar-refractivity contribution in [1.82, 2.24) is 14.9 Å². The fraction of sp³-hybridized carbons (Fsp3) is 0.432. The molecule has 1 aliphatic rings. The van der Waals surface area contributed by atoms with Crippen LogP contribution in [0.2, 0.25) is 0 Å². The van der Waals surface area contributed by atoms with E-state index in [0.717, 1.165) is 18.3 Å². The first-order valence-corrected chi connectivity index (χ1v) is 26.3. The normalized spacial score (nSPS) is 19.6. The van der Waals surface area contributed by atoms with Crippen molar-refractivity contribution in [2.24, 2.45) is 0 Å². The molecule has 4 aromatic rings. The summed E-state index contributed by atoms with van der Waals surface area (Å²) in [5, 5.41) is 24.4. The van der Waals surface area contributed by atoms with Gasteiger partial charge in [-0.15, -0.1) is 0 Å². The summed E-state index contributed by atoms with van der Waals surface area (Å²) in [4.78, 5) is 91.1. The number of carbonyl (C=O) groups is 1. The highest BCUT2D eigenvalue weighted by Gasteiger charge is 2.47. The molecule has 0 bridgehead atoms. The van der Waals surface area contributed by atoms with Gasteiger partial charge in [-0.25, -0.2) is 36.3 Å². The van der Waals surface area contributed by atoms with Gasteiger partial charge in [-0.05, 0) is 38.0 Å². The number of aromatic amines is 1. The molecular formula is C37H48N5O21P3S. The van der Waals surface area contributed by atoms with Crippen LogP contribution in [0.15, 0.2) is 79.9 Å². The number of carbonyl (C=O) groups excluding carboxylic acids is 1. The molecule has 8 N–H and O–H groups in total. The first kappa shape index (κ1) is 53.4. The van der Waals surface area contributed by atoms with Crippen LogP contribution in [0, 0.1) is 0 Å². The van der Waals surface area contributed by atoms with Gasteiger partial charge in [0.2, 0.25) is 5.91 Å². The van der Waals surface area contributed by atoms with Gasteiger partial charge in [0.25, 0.3) is 5.56 Å². The highest BCUT2D eigenvalue weighted by Crippen LogP contribution is 2.66. The van der Waals surface area contributed by atoms with Crippen molar-refractivity contribution in [3.05, 3.63) is 97.9 Å². The molecule has 67 heavy (non-hydrogen) atoms. The van der Waals surface area contributed by atoms with E-state index in [0.29, 0.717) is 59.1 Å². The van der Waals surface area contributed by atoms with Crippen LogP contribution in [-0.2, 0) is 53.0 Å². The molecule has 0 saturated carbocycles. The van der Waals surface area contributed by atoms with Crippen LogP contribution in [0.25, 0.3) is 28.2 Å². The lowest BCUT2D eigenvalue weighted by atomic mass is 10.1. The third kappa shape index (κ3) is 16.0. The van der Waals surface area contributed by atoms with Crippen LogP contribution in [-0.4, -0.2) is 109 Å². The van der Waals surface area contributed by atoms with Crippen LogP contribution in [0.3, 0.4) is 0 Å². The number of H-pyrrole nitrogens is 1. The lowest BCUT2D eigenvalue weighted by Gasteiger charge is -2.23. The molecule has 4 heterocycles. The number of unbranched alkanes of at least 4 members (excludes halogenated alkanes) is 2. The zero-order valence-electron chi connectivity index (χ0n) is 35.3. The average Bonchev–Trinajstić information content (AvgIpc) is 3.50. The van der Waals surface area contributed by atoms with E-state index in [4.69, 9.17) is 18.9 Å². The summed E-state index contributed by atoms with van der Waals surface area (Å²) in [5.41, 5.74) is -0.445. The maximum atomic E-state index is 13.0. The van der Waals surface area contributed by atoms with E-state index in [1.54, 1.807) is 41.2 Å². The maximum absolute atomic E-state index is 13.0. The molecule has 1 amide bonds. The summed E-state index contributed by atoms with van der Waals surface area (Å²) < 4.78 is 92.2. The Morgan fingerprint density at radius 2 is 1.70 bits per heavy atom. The van der Waals surface area contributed by atoms with Crippen molar-refractivity contribution in [2.75, 3.05) is 36.9 Å². The molecule has 3 aromatic heterocycles. The molecule has 0 aliphatic carbocycles. The highest BCUT2D eigenvalue weighted by molar-refractivity contribution is 7.85. The summed E-state index contributed by atoms with van der Waals surface area (Å²) in [7, 11) is -21.4. The number of hydrogen-bond donors (Lipinski definition) is 8. The van der Waals surface area contributed by atoms with Crippen molar-refractivity contribution >= 4 is 62.2 Å². The zero-order chi connectivity index (χ0) is 49.3. The molecule has 0 spiro atoms. The molecule has 26 nitrogen and oxygen atoms in total. The van der Waals surface area contributed by atoms with Gasteiger partial charge in [-0.1, -0.05) is 18.6 Å². The Balaban J connectivity index is 1.06. The zero-order valence-corrected chi connectivity index (χ0v) is 38.8. The predicted molar refractivity (Wildman–Crippen MR) is 233 cm³/mol. The molecule has 5 rings (SSSR count). The Kier molecular flexibility index (Phi) is 18.1. The number of phosphoric acid groups is 3. The second-order valence-corrected chi connectivity index (χ2v) is 20.8. The topological polar surface area (TPSA) is 388 Å². The lowest BCUT2D eigenvalue weighted by Crippen LogP contribution is -2.38. The SMILES string of the molecule is CCN(CCCCCC(=O)NC/C=C/c1cn([C@@H]2O[C@H](COP(=O)(O)OP(=O)(O)OP(=O)(O)O)[C@@H](O)[C@H]2O)c(=O)[nH]c1=O)c1ccc2cc(-c3cc[n+](CCCS(=O)(=O)[O-])cc3)c(=O)oc2c1. The molecule has 368 valence electrons. The Morgan fingerprint density at radius 3 is 2.37 bits per heavy atom. The average molecular weight is 1020 g/mol. The van der Waals surface area contributed by atoms with E-state index in [-0.39, 0.29) is 30.9 Å². The van der Waals surface area contributed by atoms with Gasteiger partial charge >= 0.3 is 34.8 Å². The number of aliphatic hydroxyl groups excluding tert-OH is 2. The highest BCUT2D eigenvalue weighted by atomic mass is 32.2. The van der Waals surface area contributed by atoms with Gasteiger partial charge < -0.3 is 53.7 Å². The van der Waals surface area contributed by atoms with Gasteiger partial charge in [-0.2, -0.15) is 8.62 Å². The minimum Gasteiger partial charge on any atom is -0.748 e. The molecule has 0 radical (unpaired) electrons. The standard InChI is InChI=1S/C37H48N5O21P3S/c1-2-41(27-11-10-25-20-28(36(47)61-29(25)21-27)24-12-17-40(18-13-24)15-7-19-67(56,57)58)16-5-3-4-9-31(43)38-14-6-8-26-22-42(37(48)39-34(26)46)35-33(45)32(44)30(60-35)23-59-65(52,53)63-66(54,55)62-64(49,50)51/h6,8,10-13,17-18,20-22,30,32-33,35,44-45H,2-5,7,9,14-16,19,23H2,1H3,(H6-,38,39,43,46,48,49,50,51,52,53,54,55,56,57,58)/b8-6+/t30-,32-,33-,35-/m1/s1. The second-order valence-electron chi connectivity index (χ2n) is 14.9. The lowest BCUT2D eigenvalue weighted by molar-refractivity contribution is -0.696. The summed E-state index contributed by atoms with van der Waals surface area (Å²) in [6.07, 6.45) is 2.15. The first-order chi connectivity index (χ1) is 31.3. The number of aliphatic hydroxyl groups is 2. The number of nitrogens with one attached hydrogen (secondary N) is 2. The van der Waals surface area contributed by atoms with E-state index in [1.165, 1.54) is 12.2 Å². The fourth-order valence-corrected chi connectivity index (χ4v) is 10.3. The maximum Gasteiger partial charge on any atom is 0.490 e. The molecule has 6 atom stereocenters. The van der Waals surface area contributed by atoms with Crippen molar-refractivity contribution in [1.29, 1.82) is 0 Å². The number of anilines is 1. The minimum absolute atomic E-state index is 0.0177. The molecule has 1 fully saturated rings.